The van der Waals surface area contributed by atoms with Crippen LogP contribution in [0.5, 0.6) is 0 Å². The predicted octanol–water partition coefficient (Wildman–Crippen LogP) is 7.50. The van der Waals surface area contributed by atoms with Crippen LogP contribution in [0.2, 0.25) is 10.0 Å². The van der Waals surface area contributed by atoms with E-state index in [0.717, 1.165) is 46.7 Å². The van der Waals surface area contributed by atoms with E-state index in [-0.39, 0.29) is 29.8 Å². The second-order valence-corrected chi connectivity index (χ2v) is 14.8. The zero-order valence-corrected chi connectivity index (χ0v) is 28.9. The fraction of sp³-hybridized carbons (Fsp3) is 0.297. The lowest BCUT2D eigenvalue weighted by Gasteiger charge is -2.34. The SMILES string of the molecule is Cc1ccc(N(CC(=O)N(Cc2ccc(Cl)cc2Cl)C(Cc2ccccc2)C(=O)NC2CCCC2)S(=O)(=O)c2ccc(C)cc2)cc1. The van der Waals surface area contributed by atoms with Crippen molar-refractivity contribution in [3.63, 3.8) is 0 Å². The second kappa shape index (κ2) is 15.4. The van der Waals surface area contributed by atoms with Crippen molar-refractivity contribution < 1.29 is 18.0 Å². The highest BCUT2D eigenvalue weighted by molar-refractivity contribution is 7.92. The van der Waals surface area contributed by atoms with E-state index >= 15 is 0 Å². The van der Waals surface area contributed by atoms with Crippen LogP contribution in [0.25, 0.3) is 0 Å². The summed E-state index contributed by atoms with van der Waals surface area (Å²) in [4.78, 5) is 30.3. The van der Waals surface area contributed by atoms with Crippen LogP contribution in [-0.4, -0.2) is 43.8 Å². The molecule has 0 bridgehead atoms. The lowest BCUT2D eigenvalue weighted by atomic mass is 10.0. The van der Waals surface area contributed by atoms with Crippen molar-refractivity contribution in [3.8, 4) is 0 Å². The van der Waals surface area contributed by atoms with Gasteiger partial charge in [-0.3, -0.25) is 13.9 Å². The number of carbonyl (C=O) groups is 2. The van der Waals surface area contributed by atoms with Crippen LogP contribution >= 0.6 is 23.2 Å². The summed E-state index contributed by atoms with van der Waals surface area (Å²) in [5.74, 6) is -0.836. The maximum absolute atomic E-state index is 14.7. The standard InChI is InChI=1S/C37H39Cl2N3O4S/c1-26-12-18-32(19-13-26)42(47(45,46)33-20-14-27(2)15-21-33)25-36(43)41(24-29-16-17-30(38)23-34(29)39)35(22-28-8-4-3-5-9-28)37(44)40-31-10-6-7-11-31/h3-5,8-9,12-21,23,31,35H,6-7,10-11,22,24-25H2,1-2H3,(H,40,44). The first kappa shape index (κ1) is 34.5. The number of sulfonamides is 1. The van der Waals surface area contributed by atoms with Gasteiger partial charge in [-0.2, -0.15) is 0 Å². The Balaban J connectivity index is 1.58. The molecule has 7 nitrogen and oxygen atoms in total. The van der Waals surface area contributed by atoms with Gasteiger partial charge in [0.15, 0.2) is 0 Å². The van der Waals surface area contributed by atoms with Crippen molar-refractivity contribution in [1.82, 2.24) is 10.2 Å². The van der Waals surface area contributed by atoms with Gasteiger partial charge in [-0.1, -0.05) is 108 Å². The maximum atomic E-state index is 14.7. The van der Waals surface area contributed by atoms with Gasteiger partial charge in [-0.05, 0) is 74.2 Å². The van der Waals surface area contributed by atoms with Gasteiger partial charge in [0.1, 0.15) is 12.6 Å². The number of halogens is 2. The highest BCUT2D eigenvalue weighted by Gasteiger charge is 2.36. The van der Waals surface area contributed by atoms with E-state index in [1.807, 2.05) is 44.2 Å². The minimum absolute atomic E-state index is 0.0165. The average molecular weight is 693 g/mol. The van der Waals surface area contributed by atoms with E-state index in [1.54, 1.807) is 54.6 Å². The van der Waals surface area contributed by atoms with Crippen LogP contribution < -0.4 is 9.62 Å². The molecule has 0 aromatic heterocycles. The molecule has 0 saturated heterocycles. The number of hydrogen-bond acceptors (Lipinski definition) is 4. The minimum Gasteiger partial charge on any atom is -0.352 e. The number of hydrogen-bond donors (Lipinski definition) is 1. The van der Waals surface area contributed by atoms with Gasteiger partial charge in [-0.15, -0.1) is 0 Å². The number of aryl methyl sites for hydroxylation is 2. The van der Waals surface area contributed by atoms with Crippen molar-refractivity contribution in [2.75, 3.05) is 10.8 Å². The van der Waals surface area contributed by atoms with Crippen LogP contribution in [0.4, 0.5) is 5.69 Å². The molecule has 0 aliphatic heterocycles. The maximum Gasteiger partial charge on any atom is 0.264 e. The molecule has 1 unspecified atom stereocenters. The van der Waals surface area contributed by atoms with Crippen LogP contribution in [0.1, 0.15) is 47.9 Å². The van der Waals surface area contributed by atoms with E-state index in [9.17, 15) is 18.0 Å². The Kier molecular flexibility index (Phi) is 11.3. The molecule has 0 radical (unpaired) electrons. The topological polar surface area (TPSA) is 86.8 Å². The van der Waals surface area contributed by atoms with Gasteiger partial charge >= 0.3 is 0 Å². The molecule has 1 aliphatic rings. The minimum atomic E-state index is -4.18. The number of nitrogens with one attached hydrogen (secondary N) is 1. The van der Waals surface area contributed by atoms with Gasteiger partial charge in [0.05, 0.1) is 10.6 Å². The normalized spacial score (nSPS) is 14.0. The molecule has 0 spiro atoms. The number of nitrogens with zero attached hydrogens (tertiary/aromatic N) is 2. The highest BCUT2D eigenvalue weighted by atomic mass is 35.5. The summed E-state index contributed by atoms with van der Waals surface area (Å²) in [7, 11) is -4.18. The first-order valence-corrected chi connectivity index (χ1v) is 17.9. The quantitative estimate of drug-likeness (QED) is 0.167. The van der Waals surface area contributed by atoms with Gasteiger partial charge in [0.2, 0.25) is 11.8 Å². The van der Waals surface area contributed by atoms with Crippen molar-refractivity contribution >= 4 is 50.7 Å². The fourth-order valence-corrected chi connectivity index (χ4v) is 7.71. The lowest BCUT2D eigenvalue weighted by Crippen LogP contribution is -2.54. The molecule has 1 saturated carbocycles. The Morgan fingerprint density at radius 2 is 1.47 bits per heavy atom. The monoisotopic (exact) mass is 691 g/mol. The number of benzene rings is 4. The van der Waals surface area contributed by atoms with Gasteiger partial charge in [0, 0.05) is 29.1 Å². The Morgan fingerprint density at radius 3 is 2.09 bits per heavy atom. The third-order valence-corrected chi connectivity index (χ3v) is 10.9. The summed E-state index contributed by atoms with van der Waals surface area (Å²) in [6.07, 6.45) is 4.03. The molecule has 246 valence electrons. The van der Waals surface area contributed by atoms with Crippen molar-refractivity contribution in [3.05, 3.63) is 129 Å². The van der Waals surface area contributed by atoms with E-state index in [2.05, 4.69) is 5.32 Å². The smallest absolute Gasteiger partial charge is 0.264 e. The highest BCUT2D eigenvalue weighted by Crippen LogP contribution is 2.28. The zero-order valence-electron chi connectivity index (χ0n) is 26.5. The number of rotatable bonds is 12. The average Bonchev–Trinajstić information content (AvgIpc) is 3.56. The third-order valence-electron chi connectivity index (χ3n) is 8.54. The predicted molar refractivity (Wildman–Crippen MR) is 188 cm³/mol. The first-order chi connectivity index (χ1) is 22.5. The molecule has 4 aromatic rings. The molecule has 10 heteroatoms. The van der Waals surface area contributed by atoms with Crippen molar-refractivity contribution in [2.45, 2.75) is 69.5 Å². The summed E-state index contributed by atoms with van der Waals surface area (Å²) in [5.41, 5.74) is 3.63. The van der Waals surface area contributed by atoms with Crippen LogP contribution in [0, 0.1) is 13.8 Å². The summed E-state index contributed by atoms with van der Waals surface area (Å²) in [6, 6.07) is 27.0. The van der Waals surface area contributed by atoms with E-state index in [1.165, 1.54) is 17.0 Å². The van der Waals surface area contributed by atoms with E-state index in [4.69, 9.17) is 23.2 Å². The largest absolute Gasteiger partial charge is 0.352 e. The van der Waals surface area contributed by atoms with Crippen LogP contribution in [0.15, 0.2) is 102 Å². The molecule has 2 amide bonds. The van der Waals surface area contributed by atoms with Crippen LogP contribution in [-0.2, 0) is 32.6 Å². The fourth-order valence-electron chi connectivity index (χ4n) is 5.83. The van der Waals surface area contributed by atoms with E-state index in [0.29, 0.717) is 21.3 Å². The summed E-state index contributed by atoms with van der Waals surface area (Å²) in [5, 5.41) is 3.95. The lowest BCUT2D eigenvalue weighted by molar-refractivity contribution is -0.140. The number of anilines is 1. The third kappa shape index (κ3) is 8.74. The Bertz CT molecular complexity index is 1790. The van der Waals surface area contributed by atoms with Gasteiger partial charge < -0.3 is 10.2 Å². The molecule has 5 rings (SSSR count). The Morgan fingerprint density at radius 1 is 0.851 bits per heavy atom. The summed E-state index contributed by atoms with van der Waals surface area (Å²) >= 11 is 12.8. The second-order valence-electron chi connectivity index (χ2n) is 12.1. The molecule has 1 N–H and O–H groups in total. The molecule has 1 aliphatic carbocycles. The Labute approximate surface area is 287 Å². The molecule has 1 fully saturated rings. The molecular formula is C37H39Cl2N3O4S. The first-order valence-electron chi connectivity index (χ1n) is 15.7. The van der Waals surface area contributed by atoms with Gasteiger partial charge in [0.25, 0.3) is 10.0 Å². The van der Waals surface area contributed by atoms with Crippen molar-refractivity contribution in [2.24, 2.45) is 0 Å². The van der Waals surface area contributed by atoms with Crippen molar-refractivity contribution in [1.29, 1.82) is 0 Å². The van der Waals surface area contributed by atoms with Gasteiger partial charge in [-0.25, -0.2) is 8.42 Å². The summed E-state index contributed by atoms with van der Waals surface area (Å²) < 4.78 is 29.5. The van der Waals surface area contributed by atoms with Crippen LogP contribution in [0.3, 0.4) is 0 Å². The Hall–Kier alpha value is -3.85. The number of amides is 2. The van der Waals surface area contributed by atoms with E-state index < -0.39 is 28.5 Å². The molecular weight excluding hydrogens is 653 g/mol. The number of carbonyl (C=O) groups excluding carboxylic acids is 2. The molecule has 4 aromatic carbocycles. The zero-order chi connectivity index (χ0) is 33.6. The molecule has 0 heterocycles. The summed E-state index contributed by atoms with van der Waals surface area (Å²) in [6.45, 7) is 3.21. The molecule has 1 atom stereocenters. The molecule has 47 heavy (non-hydrogen) atoms.